The van der Waals surface area contributed by atoms with Crippen LogP contribution < -0.4 is 0 Å². The lowest BCUT2D eigenvalue weighted by molar-refractivity contribution is -0.171. The van der Waals surface area contributed by atoms with E-state index in [1.165, 1.54) is 44.9 Å². The quantitative estimate of drug-likeness (QED) is 0.696. The number of fused-ring (bicyclic) bond motifs is 7. The molecule has 0 aliphatic heterocycles. The van der Waals surface area contributed by atoms with Crippen LogP contribution in [-0.4, -0.2) is 19.0 Å². The van der Waals surface area contributed by atoms with E-state index < -0.39 is 0 Å². The monoisotopic (exact) mass is 344 g/mol. The first-order valence-corrected chi connectivity index (χ1v) is 10.9. The van der Waals surface area contributed by atoms with Crippen LogP contribution in [0.15, 0.2) is 0 Å². The number of rotatable bonds is 2. The van der Waals surface area contributed by atoms with E-state index in [9.17, 15) is 4.79 Å². The third-order valence-electron chi connectivity index (χ3n) is 10.2. The summed E-state index contributed by atoms with van der Waals surface area (Å²) >= 11 is 0. The Morgan fingerprint density at radius 2 is 1.64 bits per heavy atom. The zero-order valence-electron chi connectivity index (χ0n) is 16.6. The number of hydrogen-bond donors (Lipinski definition) is 0. The molecule has 5 fully saturated rings. The number of carbonyl (C=O) groups is 1. The van der Waals surface area contributed by atoms with Gasteiger partial charge in [0.25, 0.3) is 0 Å². The number of ketones is 1. The maximum atomic E-state index is 12.3. The molecule has 5 saturated carbocycles. The largest absolute Gasteiger partial charge is 0.381 e. The minimum atomic E-state index is 0.269. The third kappa shape index (κ3) is 2.10. The van der Waals surface area contributed by atoms with Crippen LogP contribution in [-0.2, 0) is 9.53 Å². The summed E-state index contributed by atoms with van der Waals surface area (Å²) in [5, 5.41) is 0. The van der Waals surface area contributed by atoms with Crippen LogP contribution in [0.3, 0.4) is 0 Å². The Hall–Kier alpha value is -0.370. The summed E-state index contributed by atoms with van der Waals surface area (Å²) in [4.78, 5) is 12.3. The van der Waals surface area contributed by atoms with E-state index in [2.05, 4.69) is 13.8 Å². The molecule has 10 atom stereocenters. The van der Waals surface area contributed by atoms with Gasteiger partial charge in [0, 0.05) is 13.0 Å². The molecule has 0 radical (unpaired) electrons. The molecule has 0 aromatic heterocycles. The van der Waals surface area contributed by atoms with Crippen LogP contribution in [0.4, 0.5) is 0 Å². The Labute approximate surface area is 153 Å². The first-order valence-electron chi connectivity index (χ1n) is 10.9. The van der Waals surface area contributed by atoms with Crippen molar-refractivity contribution in [2.24, 2.45) is 52.3 Å². The average Bonchev–Trinajstić information content (AvgIpc) is 3.26. The summed E-state index contributed by atoms with van der Waals surface area (Å²) in [6.07, 6.45) is 11.2. The highest BCUT2D eigenvalue weighted by Gasteiger charge is 2.66. The van der Waals surface area contributed by atoms with E-state index in [1.54, 1.807) is 0 Å². The van der Waals surface area contributed by atoms with Gasteiger partial charge in [0.2, 0.25) is 0 Å². The van der Waals surface area contributed by atoms with E-state index in [0.29, 0.717) is 23.2 Å². The van der Waals surface area contributed by atoms with Gasteiger partial charge in [0.1, 0.15) is 5.78 Å². The van der Waals surface area contributed by atoms with Gasteiger partial charge in [-0.3, -0.25) is 4.79 Å². The van der Waals surface area contributed by atoms with Crippen molar-refractivity contribution in [1.29, 1.82) is 0 Å². The number of ether oxygens (including phenoxy) is 1. The van der Waals surface area contributed by atoms with Crippen LogP contribution in [0.25, 0.3) is 0 Å². The standard InChI is InChI=1S/C23H36O2/c1-13(24)17-5-6-18-16-12-20(25-4)21-15-11-14(15)7-9-23(21,3)19(16)8-10-22(17,18)2/h14-21H,5-12H2,1-4H3/t14?,15-,16+,17-,18+,19+,20-,21?,22-,23-/m1/s1. The van der Waals surface area contributed by atoms with Crippen molar-refractivity contribution < 1.29 is 9.53 Å². The lowest BCUT2D eigenvalue weighted by Crippen LogP contribution is -2.58. The molecule has 0 N–H and O–H groups in total. The molecule has 0 aromatic carbocycles. The maximum absolute atomic E-state index is 12.3. The summed E-state index contributed by atoms with van der Waals surface area (Å²) in [7, 11) is 1.96. The van der Waals surface area contributed by atoms with Gasteiger partial charge in [-0.05, 0) is 105 Å². The van der Waals surface area contributed by atoms with E-state index in [1.807, 2.05) is 14.0 Å². The first kappa shape index (κ1) is 16.8. The van der Waals surface area contributed by atoms with Gasteiger partial charge in [-0.2, -0.15) is 0 Å². The molecule has 0 saturated heterocycles. The molecule has 0 heterocycles. The Morgan fingerprint density at radius 3 is 2.36 bits per heavy atom. The van der Waals surface area contributed by atoms with Gasteiger partial charge in [0.15, 0.2) is 0 Å². The second-order valence-electron chi connectivity index (χ2n) is 10.9. The summed E-state index contributed by atoms with van der Waals surface area (Å²) in [5.74, 6) is 6.01. The van der Waals surface area contributed by atoms with Crippen LogP contribution >= 0.6 is 0 Å². The fraction of sp³-hybridized carbons (Fsp3) is 0.957. The van der Waals surface area contributed by atoms with E-state index in [0.717, 1.165) is 41.9 Å². The van der Waals surface area contributed by atoms with Crippen molar-refractivity contribution in [2.75, 3.05) is 7.11 Å². The number of methoxy groups -OCH3 is 1. The molecule has 0 amide bonds. The highest BCUT2D eigenvalue weighted by molar-refractivity contribution is 5.79. The van der Waals surface area contributed by atoms with Crippen molar-refractivity contribution >= 4 is 5.78 Å². The highest BCUT2D eigenvalue weighted by atomic mass is 16.5. The van der Waals surface area contributed by atoms with Crippen molar-refractivity contribution in [2.45, 2.75) is 78.2 Å². The lowest BCUT2D eigenvalue weighted by atomic mass is 9.44. The molecule has 2 unspecified atom stereocenters. The third-order valence-corrected chi connectivity index (χ3v) is 10.2. The normalized spacial score (nSPS) is 59.4. The number of Topliss-reactive ketones (excluding diaryl/α,β-unsaturated/α-hetero) is 1. The second kappa shape index (κ2) is 5.33. The van der Waals surface area contributed by atoms with Crippen LogP contribution in [0.2, 0.25) is 0 Å². The Bertz CT molecular complexity index is 585. The van der Waals surface area contributed by atoms with Gasteiger partial charge >= 0.3 is 0 Å². The van der Waals surface area contributed by atoms with E-state index in [-0.39, 0.29) is 5.41 Å². The minimum Gasteiger partial charge on any atom is -0.381 e. The van der Waals surface area contributed by atoms with Crippen molar-refractivity contribution in [1.82, 2.24) is 0 Å². The second-order valence-corrected chi connectivity index (χ2v) is 10.9. The van der Waals surface area contributed by atoms with Crippen molar-refractivity contribution in [3.8, 4) is 0 Å². The highest BCUT2D eigenvalue weighted by Crippen LogP contribution is 2.72. The Balaban J connectivity index is 1.50. The van der Waals surface area contributed by atoms with E-state index >= 15 is 0 Å². The Kier molecular flexibility index (Phi) is 3.58. The molecule has 5 rings (SSSR count). The fourth-order valence-electron chi connectivity index (χ4n) is 9.09. The first-order chi connectivity index (χ1) is 11.9. The molecule has 0 aromatic rings. The summed E-state index contributed by atoms with van der Waals surface area (Å²) in [5.41, 5.74) is 0.766. The molecule has 25 heavy (non-hydrogen) atoms. The predicted molar refractivity (Wildman–Crippen MR) is 99.1 cm³/mol. The Morgan fingerprint density at radius 1 is 0.920 bits per heavy atom. The topological polar surface area (TPSA) is 26.3 Å². The van der Waals surface area contributed by atoms with Crippen LogP contribution in [0.5, 0.6) is 0 Å². The van der Waals surface area contributed by atoms with Gasteiger partial charge in [-0.15, -0.1) is 0 Å². The van der Waals surface area contributed by atoms with Crippen LogP contribution in [0, 0.1) is 52.3 Å². The average molecular weight is 345 g/mol. The van der Waals surface area contributed by atoms with Crippen molar-refractivity contribution in [3.05, 3.63) is 0 Å². The molecule has 0 spiro atoms. The molecule has 5 aliphatic carbocycles. The summed E-state index contributed by atoms with van der Waals surface area (Å²) < 4.78 is 6.16. The molecular formula is C23H36O2. The van der Waals surface area contributed by atoms with Crippen LogP contribution in [0.1, 0.15) is 72.1 Å². The number of hydrogen-bond acceptors (Lipinski definition) is 2. The molecule has 5 aliphatic rings. The van der Waals surface area contributed by atoms with Gasteiger partial charge < -0.3 is 4.74 Å². The van der Waals surface area contributed by atoms with Gasteiger partial charge in [0.05, 0.1) is 6.10 Å². The fourth-order valence-corrected chi connectivity index (χ4v) is 9.09. The molecule has 140 valence electrons. The zero-order valence-corrected chi connectivity index (χ0v) is 16.6. The van der Waals surface area contributed by atoms with Gasteiger partial charge in [-0.1, -0.05) is 13.8 Å². The summed E-state index contributed by atoms with van der Waals surface area (Å²) in [6.45, 7) is 6.94. The maximum Gasteiger partial charge on any atom is 0.133 e. The lowest BCUT2D eigenvalue weighted by Gasteiger charge is -2.62. The van der Waals surface area contributed by atoms with Crippen molar-refractivity contribution in [3.63, 3.8) is 0 Å². The molecular weight excluding hydrogens is 308 g/mol. The summed E-state index contributed by atoms with van der Waals surface area (Å²) in [6, 6.07) is 0. The van der Waals surface area contributed by atoms with Gasteiger partial charge in [-0.25, -0.2) is 0 Å². The molecule has 2 nitrogen and oxygen atoms in total. The number of carbonyl (C=O) groups excluding carboxylic acids is 1. The SMILES string of the molecule is CO[C@@H]1C[C@H]2[C@@H]3CC[C@H](C(C)=O)[C@@]3(C)CC[C@@H]2[C@@]2(C)CCC3C[C@H]3C12. The predicted octanol–water partition coefficient (Wildman–Crippen LogP) is 5.11. The smallest absolute Gasteiger partial charge is 0.133 e. The minimum absolute atomic E-state index is 0.269. The molecule has 2 heteroatoms. The molecule has 0 bridgehead atoms. The zero-order chi connectivity index (χ0) is 17.6. The van der Waals surface area contributed by atoms with E-state index in [4.69, 9.17) is 4.74 Å².